The van der Waals surface area contributed by atoms with Crippen LogP contribution in [-0.2, 0) is 32.0 Å². The summed E-state index contributed by atoms with van der Waals surface area (Å²) >= 11 is 1.47. The van der Waals surface area contributed by atoms with Crippen molar-refractivity contribution in [2.24, 2.45) is 11.7 Å². The second-order valence-corrected chi connectivity index (χ2v) is 10.7. The average molecular weight is 563 g/mol. The Bertz CT molecular complexity index is 1080. The Labute approximate surface area is 231 Å². The first-order valence-electron chi connectivity index (χ1n) is 12.6. The minimum atomic E-state index is -1.26. The third-order valence-corrected chi connectivity index (χ3v) is 6.55. The van der Waals surface area contributed by atoms with Gasteiger partial charge in [0, 0.05) is 24.7 Å². The van der Waals surface area contributed by atoms with E-state index in [4.69, 9.17) is 5.73 Å². The molecule has 3 amide bonds. The van der Waals surface area contributed by atoms with Crippen molar-refractivity contribution in [3.05, 3.63) is 48.0 Å². The molecule has 0 aliphatic heterocycles. The maximum absolute atomic E-state index is 13.3. The summed E-state index contributed by atoms with van der Waals surface area (Å²) in [7, 11) is 0. The molecule has 13 heteroatoms. The highest BCUT2D eigenvalue weighted by Gasteiger charge is 2.30. The number of nitrogens with zero attached hydrogens (tertiary/aromatic N) is 1. The lowest BCUT2D eigenvalue weighted by Crippen LogP contribution is -2.58. The number of nitrogens with two attached hydrogens (primary N) is 1. The molecule has 39 heavy (non-hydrogen) atoms. The number of carbonyl (C=O) groups excluding carboxylic acids is 3. The first-order chi connectivity index (χ1) is 18.5. The van der Waals surface area contributed by atoms with Crippen LogP contribution in [0.4, 0.5) is 0 Å². The number of nitrogens with one attached hydrogen (secondary N) is 4. The van der Waals surface area contributed by atoms with Crippen LogP contribution in [-0.4, -0.2) is 80.0 Å². The Kier molecular flexibility index (Phi) is 12.8. The number of carboxylic acids is 1. The van der Waals surface area contributed by atoms with Crippen LogP contribution in [0.2, 0.25) is 0 Å². The topological polar surface area (TPSA) is 200 Å². The SMILES string of the molecule is CSCCC(NC(=O)C(Cc1cnc[nH]1)NC(=O)C(N)CC(C)C)C(=O)NC(Cc1ccc(O)cc1)C(=O)O. The number of phenols is 1. The van der Waals surface area contributed by atoms with Crippen molar-refractivity contribution in [2.75, 3.05) is 12.0 Å². The zero-order valence-corrected chi connectivity index (χ0v) is 23.2. The molecule has 2 aromatic rings. The number of thioether (sulfide) groups is 1. The monoisotopic (exact) mass is 562 g/mol. The fraction of sp³-hybridized carbons (Fsp3) is 0.500. The molecule has 8 N–H and O–H groups in total. The number of rotatable bonds is 16. The number of carboxylic acid groups (broad SMARTS) is 1. The normalized spacial score (nSPS) is 14.2. The molecule has 0 fully saturated rings. The minimum Gasteiger partial charge on any atom is -0.508 e. The molecule has 1 heterocycles. The number of aliphatic carboxylic acids is 1. The van der Waals surface area contributed by atoms with Gasteiger partial charge in [-0.05, 0) is 48.5 Å². The third-order valence-electron chi connectivity index (χ3n) is 5.91. The second-order valence-electron chi connectivity index (χ2n) is 9.69. The molecule has 0 spiro atoms. The molecule has 214 valence electrons. The molecular formula is C26H38N6O6S. The number of hydrogen-bond donors (Lipinski definition) is 7. The lowest BCUT2D eigenvalue weighted by atomic mass is 10.0. The summed E-state index contributed by atoms with van der Waals surface area (Å²) in [5.41, 5.74) is 7.21. The van der Waals surface area contributed by atoms with Crippen molar-refractivity contribution in [1.82, 2.24) is 25.9 Å². The number of benzene rings is 1. The van der Waals surface area contributed by atoms with E-state index in [9.17, 15) is 29.4 Å². The van der Waals surface area contributed by atoms with Crippen LogP contribution >= 0.6 is 11.8 Å². The largest absolute Gasteiger partial charge is 0.508 e. The van der Waals surface area contributed by atoms with E-state index in [1.54, 1.807) is 12.1 Å². The van der Waals surface area contributed by atoms with Gasteiger partial charge in [-0.2, -0.15) is 11.8 Å². The highest BCUT2D eigenvalue weighted by atomic mass is 32.2. The van der Waals surface area contributed by atoms with Gasteiger partial charge in [0.05, 0.1) is 12.4 Å². The zero-order valence-electron chi connectivity index (χ0n) is 22.3. The molecule has 0 aliphatic rings. The maximum atomic E-state index is 13.3. The number of H-pyrrole nitrogens is 1. The molecule has 0 radical (unpaired) electrons. The molecule has 0 saturated carbocycles. The van der Waals surface area contributed by atoms with Crippen molar-refractivity contribution in [3.8, 4) is 5.75 Å². The second kappa shape index (κ2) is 15.7. The van der Waals surface area contributed by atoms with Crippen LogP contribution in [0.1, 0.15) is 37.9 Å². The predicted octanol–water partition coefficient (Wildman–Crippen LogP) is 0.566. The smallest absolute Gasteiger partial charge is 0.326 e. The van der Waals surface area contributed by atoms with Crippen LogP contribution in [0, 0.1) is 5.92 Å². The highest BCUT2D eigenvalue weighted by molar-refractivity contribution is 7.98. The summed E-state index contributed by atoms with van der Waals surface area (Å²) in [6.45, 7) is 3.87. The van der Waals surface area contributed by atoms with Gasteiger partial charge in [0.25, 0.3) is 0 Å². The summed E-state index contributed by atoms with van der Waals surface area (Å²) in [6.07, 6.45) is 5.56. The molecule has 0 aliphatic carbocycles. The van der Waals surface area contributed by atoms with Gasteiger partial charge < -0.3 is 36.9 Å². The summed E-state index contributed by atoms with van der Waals surface area (Å²) in [5.74, 6) is -2.27. The summed E-state index contributed by atoms with van der Waals surface area (Å²) in [5, 5.41) is 27.0. The van der Waals surface area contributed by atoms with Crippen LogP contribution in [0.25, 0.3) is 0 Å². The fourth-order valence-corrected chi connectivity index (χ4v) is 4.31. The first kappa shape index (κ1) is 31.6. The molecule has 1 aromatic carbocycles. The Morgan fingerprint density at radius 3 is 2.15 bits per heavy atom. The Morgan fingerprint density at radius 2 is 1.59 bits per heavy atom. The number of carbonyl (C=O) groups is 4. The van der Waals surface area contributed by atoms with Crippen molar-refractivity contribution < 1.29 is 29.4 Å². The van der Waals surface area contributed by atoms with Gasteiger partial charge >= 0.3 is 5.97 Å². The average Bonchev–Trinajstić information content (AvgIpc) is 3.39. The highest BCUT2D eigenvalue weighted by Crippen LogP contribution is 2.12. The molecule has 4 atom stereocenters. The van der Waals surface area contributed by atoms with E-state index in [1.807, 2.05) is 20.1 Å². The van der Waals surface area contributed by atoms with E-state index >= 15 is 0 Å². The van der Waals surface area contributed by atoms with Crippen molar-refractivity contribution >= 4 is 35.5 Å². The van der Waals surface area contributed by atoms with Crippen LogP contribution < -0.4 is 21.7 Å². The van der Waals surface area contributed by atoms with E-state index in [0.717, 1.165) is 0 Å². The number of imidazole rings is 1. The van der Waals surface area contributed by atoms with E-state index < -0.39 is 47.9 Å². The summed E-state index contributed by atoms with van der Waals surface area (Å²) in [6, 6.07) is 1.83. The van der Waals surface area contributed by atoms with Crippen molar-refractivity contribution in [3.63, 3.8) is 0 Å². The van der Waals surface area contributed by atoms with Crippen LogP contribution in [0.5, 0.6) is 5.75 Å². The zero-order chi connectivity index (χ0) is 28.9. The predicted molar refractivity (Wildman–Crippen MR) is 148 cm³/mol. The van der Waals surface area contributed by atoms with E-state index in [2.05, 4.69) is 25.9 Å². The van der Waals surface area contributed by atoms with Crippen molar-refractivity contribution in [2.45, 2.75) is 63.7 Å². The number of phenolic OH excluding ortho intramolecular Hbond substituents is 1. The first-order valence-corrected chi connectivity index (χ1v) is 14.0. The molecule has 1 aromatic heterocycles. The number of aromatic amines is 1. The minimum absolute atomic E-state index is 0.0171. The third kappa shape index (κ3) is 11.0. The van der Waals surface area contributed by atoms with Gasteiger partial charge in [0.15, 0.2) is 0 Å². The Hall–Kier alpha value is -3.58. The van der Waals surface area contributed by atoms with Gasteiger partial charge in [-0.25, -0.2) is 9.78 Å². The van der Waals surface area contributed by atoms with Crippen LogP contribution in [0.15, 0.2) is 36.8 Å². The van der Waals surface area contributed by atoms with Crippen molar-refractivity contribution in [1.29, 1.82) is 0 Å². The van der Waals surface area contributed by atoms with Gasteiger partial charge in [-0.1, -0.05) is 26.0 Å². The Balaban J connectivity index is 2.17. The fourth-order valence-electron chi connectivity index (χ4n) is 3.84. The van der Waals surface area contributed by atoms with Gasteiger partial charge in [0.2, 0.25) is 17.7 Å². The molecular weight excluding hydrogens is 524 g/mol. The summed E-state index contributed by atoms with van der Waals surface area (Å²) < 4.78 is 0. The lowest BCUT2D eigenvalue weighted by Gasteiger charge is -2.25. The molecule has 0 bridgehead atoms. The van der Waals surface area contributed by atoms with Gasteiger partial charge in [-0.15, -0.1) is 0 Å². The van der Waals surface area contributed by atoms with E-state index in [-0.39, 0.29) is 30.9 Å². The number of aromatic hydroxyl groups is 1. The number of aromatic nitrogens is 2. The quantitative estimate of drug-likeness (QED) is 0.153. The molecule has 2 rings (SSSR count). The summed E-state index contributed by atoms with van der Waals surface area (Å²) in [4.78, 5) is 58.0. The number of amides is 3. The standard InChI is InChI=1S/C26H38N6O6S/c1-15(2)10-19(27)23(34)31-21(12-17-13-28-14-29-17)25(36)30-20(8-9-39-3)24(35)32-22(26(37)38)11-16-4-6-18(33)7-5-16/h4-7,13-15,19-22,33H,8-12,27H2,1-3H3,(H,28,29)(H,30,36)(H,31,34)(H,32,35)(H,37,38). The molecule has 12 nitrogen and oxygen atoms in total. The number of hydrogen-bond acceptors (Lipinski definition) is 8. The lowest BCUT2D eigenvalue weighted by molar-refractivity contribution is -0.142. The van der Waals surface area contributed by atoms with E-state index in [1.165, 1.54) is 36.4 Å². The van der Waals surface area contributed by atoms with E-state index in [0.29, 0.717) is 23.4 Å². The Morgan fingerprint density at radius 1 is 0.974 bits per heavy atom. The molecule has 0 saturated heterocycles. The van der Waals surface area contributed by atoms with Gasteiger partial charge in [0.1, 0.15) is 23.9 Å². The van der Waals surface area contributed by atoms with Gasteiger partial charge in [-0.3, -0.25) is 14.4 Å². The molecule has 4 unspecified atom stereocenters. The maximum Gasteiger partial charge on any atom is 0.326 e. The van der Waals surface area contributed by atoms with Crippen LogP contribution in [0.3, 0.4) is 0 Å².